The Labute approximate surface area is 111 Å². The number of nitrogens with zero attached hydrogens (tertiary/aromatic N) is 1. The highest BCUT2D eigenvalue weighted by Gasteiger charge is 2.31. The van der Waals surface area contributed by atoms with Gasteiger partial charge in [0.1, 0.15) is 0 Å². The Balaban J connectivity index is 2.45. The van der Waals surface area contributed by atoms with Gasteiger partial charge in [0.05, 0.1) is 6.61 Å². The van der Waals surface area contributed by atoms with E-state index in [0.717, 1.165) is 25.8 Å². The van der Waals surface area contributed by atoms with Gasteiger partial charge in [0, 0.05) is 31.7 Å². The summed E-state index contributed by atoms with van der Waals surface area (Å²) in [6.45, 7) is 8.97. The molecule has 0 heterocycles. The van der Waals surface area contributed by atoms with Crippen LogP contribution in [-0.4, -0.2) is 43.2 Å². The molecule has 4 nitrogen and oxygen atoms in total. The highest BCUT2D eigenvalue weighted by atomic mass is 16.5. The fraction of sp³-hybridized carbons (Fsp3) is 0.929. The molecule has 106 valence electrons. The lowest BCUT2D eigenvalue weighted by Crippen LogP contribution is -2.44. The molecule has 0 aromatic rings. The second-order valence-corrected chi connectivity index (χ2v) is 5.27. The van der Waals surface area contributed by atoms with E-state index in [4.69, 9.17) is 10.5 Å². The van der Waals surface area contributed by atoms with Crippen LogP contribution in [0.2, 0.25) is 0 Å². The van der Waals surface area contributed by atoms with Gasteiger partial charge in [-0.3, -0.25) is 4.79 Å². The van der Waals surface area contributed by atoms with E-state index in [2.05, 4.69) is 6.92 Å². The quantitative estimate of drug-likeness (QED) is 0.735. The van der Waals surface area contributed by atoms with Crippen LogP contribution in [0.4, 0.5) is 0 Å². The number of likely N-dealkylation sites (N-methyl/N-ethyl adjacent to an activating group) is 1. The Morgan fingerprint density at radius 2 is 2.11 bits per heavy atom. The zero-order valence-corrected chi connectivity index (χ0v) is 12.0. The monoisotopic (exact) mass is 256 g/mol. The molecule has 3 atom stereocenters. The van der Waals surface area contributed by atoms with Crippen LogP contribution in [0.15, 0.2) is 0 Å². The van der Waals surface area contributed by atoms with Gasteiger partial charge in [-0.2, -0.15) is 0 Å². The van der Waals surface area contributed by atoms with Gasteiger partial charge in [0.2, 0.25) is 5.91 Å². The molecule has 1 aliphatic carbocycles. The highest BCUT2D eigenvalue weighted by molar-refractivity contribution is 5.79. The van der Waals surface area contributed by atoms with Crippen LogP contribution in [0.5, 0.6) is 0 Å². The van der Waals surface area contributed by atoms with E-state index >= 15 is 0 Å². The minimum absolute atomic E-state index is 0.123. The fourth-order valence-electron chi connectivity index (χ4n) is 2.58. The van der Waals surface area contributed by atoms with Gasteiger partial charge in [0.25, 0.3) is 0 Å². The summed E-state index contributed by atoms with van der Waals surface area (Å²) in [5, 5.41) is 0. The lowest BCUT2D eigenvalue weighted by molar-refractivity contribution is -0.137. The second kappa shape index (κ2) is 7.74. The first-order valence-electron chi connectivity index (χ1n) is 7.22. The molecule has 0 radical (unpaired) electrons. The molecule has 0 bridgehead atoms. The predicted octanol–water partition coefficient (Wildman–Crippen LogP) is 1.63. The summed E-state index contributed by atoms with van der Waals surface area (Å²) in [6, 6.07) is 0.179. The SMILES string of the molecule is CCOCCN(CC)C(=O)C1CCC(C)C(N)C1. The molecule has 1 fully saturated rings. The van der Waals surface area contributed by atoms with Gasteiger partial charge in [0.15, 0.2) is 0 Å². The number of ether oxygens (including phenoxy) is 1. The van der Waals surface area contributed by atoms with Gasteiger partial charge >= 0.3 is 0 Å². The van der Waals surface area contributed by atoms with Crippen LogP contribution < -0.4 is 5.73 Å². The van der Waals surface area contributed by atoms with Crippen molar-refractivity contribution in [3.8, 4) is 0 Å². The maximum absolute atomic E-state index is 12.4. The molecule has 0 spiro atoms. The topological polar surface area (TPSA) is 55.6 Å². The average Bonchev–Trinajstić information content (AvgIpc) is 2.37. The van der Waals surface area contributed by atoms with Gasteiger partial charge in [-0.25, -0.2) is 0 Å². The Bertz CT molecular complexity index is 258. The van der Waals surface area contributed by atoms with Crippen molar-refractivity contribution < 1.29 is 9.53 Å². The van der Waals surface area contributed by atoms with E-state index in [1.807, 2.05) is 18.7 Å². The molecule has 1 rings (SSSR count). The molecule has 2 N–H and O–H groups in total. The summed E-state index contributed by atoms with van der Waals surface area (Å²) in [6.07, 6.45) is 2.89. The zero-order chi connectivity index (χ0) is 13.5. The third-order valence-corrected chi connectivity index (χ3v) is 4.01. The number of carbonyl (C=O) groups is 1. The number of rotatable bonds is 6. The largest absolute Gasteiger partial charge is 0.380 e. The Morgan fingerprint density at radius 1 is 1.39 bits per heavy atom. The molecule has 0 saturated heterocycles. The van der Waals surface area contributed by atoms with Crippen LogP contribution in [0.1, 0.15) is 40.0 Å². The Hall–Kier alpha value is -0.610. The Kier molecular flexibility index (Phi) is 6.65. The number of amides is 1. The van der Waals surface area contributed by atoms with Crippen molar-refractivity contribution in [3.63, 3.8) is 0 Å². The number of nitrogens with two attached hydrogens (primary N) is 1. The Morgan fingerprint density at radius 3 is 2.67 bits per heavy atom. The third-order valence-electron chi connectivity index (χ3n) is 4.01. The molecule has 18 heavy (non-hydrogen) atoms. The van der Waals surface area contributed by atoms with Gasteiger partial charge < -0.3 is 15.4 Å². The zero-order valence-electron chi connectivity index (χ0n) is 12.0. The van der Waals surface area contributed by atoms with E-state index in [1.165, 1.54) is 0 Å². The molecular weight excluding hydrogens is 228 g/mol. The summed E-state index contributed by atoms with van der Waals surface area (Å²) in [5.41, 5.74) is 6.07. The van der Waals surface area contributed by atoms with Crippen molar-refractivity contribution in [2.75, 3.05) is 26.3 Å². The molecular formula is C14H28N2O2. The minimum Gasteiger partial charge on any atom is -0.380 e. The van der Waals surface area contributed by atoms with Crippen LogP contribution in [-0.2, 0) is 9.53 Å². The van der Waals surface area contributed by atoms with Gasteiger partial charge in [-0.15, -0.1) is 0 Å². The number of carbonyl (C=O) groups excluding carboxylic acids is 1. The highest BCUT2D eigenvalue weighted by Crippen LogP contribution is 2.28. The third kappa shape index (κ3) is 4.25. The van der Waals surface area contributed by atoms with Crippen molar-refractivity contribution in [1.82, 2.24) is 4.90 Å². The van der Waals surface area contributed by atoms with Gasteiger partial charge in [-0.05, 0) is 39.0 Å². The maximum Gasteiger partial charge on any atom is 0.225 e. The van der Waals surface area contributed by atoms with Crippen molar-refractivity contribution >= 4 is 5.91 Å². The lowest BCUT2D eigenvalue weighted by atomic mass is 9.79. The van der Waals surface area contributed by atoms with E-state index in [9.17, 15) is 4.79 Å². The summed E-state index contributed by atoms with van der Waals surface area (Å²) in [7, 11) is 0. The average molecular weight is 256 g/mol. The van der Waals surface area contributed by atoms with Crippen LogP contribution in [0.25, 0.3) is 0 Å². The first-order valence-corrected chi connectivity index (χ1v) is 7.22. The van der Waals surface area contributed by atoms with Crippen molar-refractivity contribution in [3.05, 3.63) is 0 Å². The second-order valence-electron chi connectivity index (χ2n) is 5.27. The fourth-order valence-corrected chi connectivity index (χ4v) is 2.58. The molecule has 1 saturated carbocycles. The lowest BCUT2D eigenvalue weighted by Gasteiger charge is -2.34. The van der Waals surface area contributed by atoms with E-state index in [1.54, 1.807) is 0 Å². The van der Waals surface area contributed by atoms with Gasteiger partial charge in [-0.1, -0.05) is 6.92 Å². The predicted molar refractivity (Wildman–Crippen MR) is 73.2 cm³/mol. The standard InChI is InChI=1S/C14H28N2O2/c1-4-16(8-9-18-5-2)14(17)12-7-6-11(3)13(15)10-12/h11-13H,4-10,15H2,1-3H3. The molecule has 3 unspecified atom stereocenters. The summed E-state index contributed by atoms with van der Waals surface area (Å²) >= 11 is 0. The van der Waals surface area contributed by atoms with Crippen LogP contribution >= 0.6 is 0 Å². The summed E-state index contributed by atoms with van der Waals surface area (Å²) in [4.78, 5) is 14.3. The summed E-state index contributed by atoms with van der Waals surface area (Å²) in [5.74, 6) is 0.935. The molecule has 1 aliphatic rings. The van der Waals surface area contributed by atoms with Crippen LogP contribution in [0.3, 0.4) is 0 Å². The molecule has 1 amide bonds. The summed E-state index contributed by atoms with van der Waals surface area (Å²) < 4.78 is 5.32. The molecule has 0 aromatic heterocycles. The van der Waals surface area contributed by atoms with E-state index in [0.29, 0.717) is 25.7 Å². The van der Waals surface area contributed by atoms with Crippen molar-refractivity contribution in [2.24, 2.45) is 17.6 Å². The van der Waals surface area contributed by atoms with Crippen molar-refractivity contribution in [1.29, 1.82) is 0 Å². The first kappa shape index (κ1) is 15.4. The first-order chi connectivity index (χ1) is 8.60. The van der Waals surface area contributed by atoms with E-state index < -0.39 is 0 Å². The smallest absolute Gasteiger partial charge is 0.225 e. The molecule has 4 heteroatoms. The molecule has 0 aliphatic heterocycles. The maximum atomic E-state index is 12.4. The van der Waals surface area contributed by atoms with E-state index in [-0.39, 0.29) is 17.9 Å². The number of hydrogen-bond donors (Lipinski definition) is 1. The van der Waals surface area contributed by atoms with Crippen molar-refractivity contribution in [2.45, 2.75) is 46.1 Å². The van der Waals surface area contributed by atoms with Crippen LogP contribution in [0, 0.1) is 11.8 Å². The minimum atomic E-state index is 0.123. The normalized spacial score (nSPS) is 28.1. The number of hydrogen-bond acceptors (Lipinski definition) is 3. The molecule has 0 aromatic carbocycles.